The molecule has 0 aliphatic heterocycles. The summed E-state index contributed by atoms with van der Waals surface area (Å²) in [5, 5.41) is 1.09. The molecule has 3 rings (SSSR count). The predicted molar refractivity (Wildman–Crippen MR) is 73.6 cm³/mol. The number of para-hydroxylation sites is 1. The molecule has 2 aromatic heterocycles. The molecule has 0 aliphatic carbocycles. The lowest BCUT2D eigenvalue weighted by Crippen LogP contribution is -2.09. The van der Waals surface area contributed by atoms with Gasteiger partial charge in [-0.05, 0) is 19.1 Å². The highest BCUT2D eigenvalue weighted by molar-refractivity contribution is 7.18. The summed E-state index contributed by atoms with van der Waals surface area (Å²) in [5.41, 5.74) is 7.82. The number of rotatable bonds is 3. The van der Waals surface area contributed by atoms with Crippen LogP contribution in [-0.4, -0.2) is 14.5 Å². The third-order valence-electron chi connectivity index (χ3n) is 2.98. The molecule has 18 heavy (non-hydrogen) atoms. The summed E-state index contributed by atoms with van der Waals surface area (Å²) < 4.78 is 3.34. The van der Waals surface area contributed by atoms with Crippen LogP contribution in [0.2, 0.25) is 0 Å². The van der Waals surface area contributed by atoms with Gasteiger partial charge >= 0.3 is 0 Å². The Morgan fingerprint density at radius 3 is 2.94 bits per heavy atom. The number of nitrogens with zero attached hydrogens (tertiary/aromatic N) is 3. The zero-order chi connectivity index (χ0) is 12.5. The second-order valence-electron chi connectivity index (χ2n) is 4.16. The van der Waals surface area contributed by atoms with Crippen LogP contribution < -0.4 is 5.73 Å². The minimum Gasteiger partial charge on any atom is -0.325 e. The van der Waals surface area contributed by atoms with Crippen molar-refractivity contribution in [1.29, 1.82) is 0 Å². The molecule has 0 bridgehead atoms. The Morgan fingerprint density at radius 1 is 1.33 bits per heavy atom. The van der Waals surface area contributed by atoms with Crippen LogP contribution in [0, 0.1) is 6.92 Å². The Kier molecular flexibility index (Phi) is 2.85. The topological polar surface area (TPSA) is 56.7 Å². The minimum absolute atomic E-state index is 0.506. The van der Waals surface area contributed by atoms with Gasteiger partial charge in [0.2, 0.25) is 0 Å². The predicted octanol–water partition coefficient (Wildman–Crippen LogP) is 2.31. The highest BCUT2D eigenvalue weighted by Crippen LogP contribution is 2.22. The molecule has 1 aromatic carbocycles. The fourth-order valence-corrected chi connectivity index (χ4v) is 2.97. The van der Waals surface area contributed by atoms with Crippen molar-refractivity contribution in [3.63, 3.8) is 0 Å². The first-order valence-corrected chi connectivity index (χ1v) is 6.65. The number of benzene rings is 1. The Bertz CT molecular complexity index is 650. The van der Waals surface area contributed by atoms with Crippen molar-refractivity contribution in [2.75, 3.05) is 0 Å². The molecule has 0 spiro atoms. The van der Waals surface area contributed by atoms with Crippen LogP contribution in [0.4, 0.5) is 0 Å². The molecule has 2 heterocycles. The molecule has 3 aromatic rings. The fraction of sp³-hybridized carbons (Fsp3) is 0.231. The van der Waals surface area contributed by atoms with Gasteiger partial charge in [0, 0.05) is 12.7 Å². The van der Waals surface area contributed by atoms with Gasteiger partial charge in [0.25, 0.3) is 0 Å². The summed E-state index contributed by atoms with van der Waals surface area (Å²) in [6, 6.07) is 8.19. The molecule has 0 fully saturated rings. The number of hydrogen-bond acceptors (Lipinski definition) is 4. The van der Waals surface area contributed by atoms with Crippen LogP contribution in [0.5, 0.6) is 0 Å². The fourth-order valence-electron chi connectivity index (χ4n) is 2.02. The lowest BCUT2D eigenvalue weighted by atomic mass is 10.3. The van der Waals surface area contributed by atoms with E-state index in [1.54, 1.807) is 11.3 Å². The molecule has 0 unspecified atom stereocenters. The van der Waals surface area contributed by atoms with Crippen molar-refractivity contribution in [2.45, 2.75) is 20.0 Å². The number of imidazole rings is 1. The van der Waals surface area contributed by atoms with Crippen molar-refractivity contribution in [3.05, 3.63) is 47.0 Å². The van der Waals surface area contributed by atoms with E-state index in [9.17, 15) is 0 Å². The first-order valence-electron chi connectivity index (χ1n) is 5.83. The normalized spacial score (nSPS) is 11.2. The van der Waals surface area contributed by atoms with Gasteiger partial charge in [-0.2, -0.15) is 0 Å². The number of thiazole rings is 1. The zero-order valence-electron chi connectivity index (χ0n) is 10.1. The summed E-state index contributed by atoms with van der Waals surface area (Å²) in [5.74, 6) is 0.981. The summed E-state index contributed by atoms with van der Waals surface area (Å²) >= 11 is 1.72. The molecular weight excluding hydrogens is 244 g/mol. The average Bonchev–Trinajstić information content (AvgIpc) is 2.94. The number of aryl methyl sites for hydroxylation is 1. The lowest BCUT2D eigenvalue weighted by Gasteiger charge is -2.06. The Balaban J connectivity index is 1.98. The molecule has 0 saturated heterocycles. The van der Waals surface area contributed by atoms with Gasteiger partial charge in [-0.15, -0.1) is 11.3 Å². The number of hydrogen-bond donors (Lipinski definition) is 1. The van der Waals surface area contributed by atoms with Crippen molar-refractivity contribution in [1.82, 2.24) is 14.5 Å². The molecular formula is C13H14N4S. The molecule has 0 saturated carbocycles. The Labute approximate surface area is 109 Å². The van der Waals surface area contributed by atoms with E-state index in [0.29, 0.717) is 6.54 Å². The maximum Gasteiger partial charge on any atom is 0.114 e. The Hall–Kier alpha value is -1.72. The van der Waals surface area contributed by atoms with E-state index in [0.717, 1.165) is 28.6 Å². The lowest BCUT2D eigenvalue weighted by molar-refractivity contribution is 0.711. The number of nitrogens with two attached hydrogens (primary N) is 1. The van der Waals surface area contributed by atoms with Gasteiger partial charge in [-0.25, -0.2) is 9.97 Å². The van der Waals surface area contributed by atoms with Gasteiger partial charge in [0.1, 0.15) is 10.8 Å². The summed E-state index contributed by atoms with van der Waals surface area (Å²) in [7, 11) is 0. The maximum atomic E-state index is 5.71. The SMILES string of the molecule is Cc1ncc(CN)n1Cc1nc2ccccc2s1. The summed E-state index contributed by atoms with van der Waals surface area (Å²) in [6.45, 7) is 3.25. The molecule has 0 radical (unpaired) electrons. The third-order valence-corrected chi connectivity index (χ3v) is 4.00. The van der Waals surface area contributed by atoms with Gasteiger partial charge in [0.15, 0.2) is 0 Å². The second-order valence-corrected chi connectivity index (χ2v) is 5.28. The van der Waals surface area contributed by atoms with Crippen molar-refractivity contribution in [3.8, 4) is 0 Å². The molecule has 92 valence electrons. The highest BCUT2D eigenvalue weighted by Gasteiger charge is 2.09. The summed E-state index contributed by atoms with van der Waals surface area (Å²) in [6.07, 6.45) is 1.84. The molecule has 0 atom stereocenters. The average molecular weight is 258 g/mol. The molecule has 4 nitrogen and oxygen atoms in total. The van der Waals surface area contributed by atoms with E-state index in [2.05, 4.69) is 20.6 Å². The van der Waals surface area contributed by atoms with Crippen LogP contribution in [0.1, 0.15) is 16.5 Å². The maximum absolute atomic E-state index is 5.71. The second kappa shape index (κ2) is 4.51. The third kappa shape index (κ3) is 1.91. The smallest absolute Gasteiger partial charge is 0.114 e. The van der Waals surface area contributed by atoms with Crippen molar-refractivity contribution < 1.29 is 0 Å². The quantitative estimate of drug-likeness (QED) is 0.784. The van der Waals surface area contributed by atoms with E-state index in [1.165, 1.54) is 4.70 Å². The van der Waals surface area contributed by atoms with E-state index < -0.39 is 0 Å². The summed E-state index contributed by atoms with van der Waals surface area (Å²) in [4.78, 5) is 8.93. The number of fused-ring (bicyclic) bond motifs is 1. The first-order chi connectivity index (χ1) is 8.78. The van der Waals surface area contributed by atoms with E-state index >= 15 is 0 Å². The van der Waals surface area contributed by atoms with Crippen molar-refractivity contribution >= 4 is 21.6 Å². The van der Waals surface area contributed by atoms with Crippen LogP contribution in [-0.2, 0) is 13.1 Å². The molecule has 0 amide bonds. The van der Waals surface area contributed by atoms with Crippen LogP contribution in [0.25, 0.3) is 10.2 Å². The van der Waals surface area contributed by atoms with Gasteiger partial charge in [-0.1, -0.05) is 12.1 Å². The monoisotopic (exact) mass is 258 g/mol. The molecule has 0 aliphatic rings. The van der Waals surface area contributed by atoms with Crippen LogP contribution in [0.3, 0.4) is 0 Å². The molecule has 2 N–H and O–H groups in total. The van der Waals surface area contributed by atoms with E-state index in [4.69, 9.17) is 5.73 Å². The number of aromatic nitrogens is 3. The highest BCUT2D eigenvalue weighted by atomic mass is 32.1. The zero-order valence-corrected chi connectivity index (χ0v) is 10.9. The first kappa shape index (κ1) is 11.4. The Morgan fingerprint density at radius 2 is 2.17 bits per heavy atom. The molecule has 5 heteroatoms. The van der Waals surface area contributed by atoms with Gasteiger partial charge in [0.05, 0.1) is 22.5 Å². The minimum atomic E-state index is 0.506. The largest absolute Gasteiger partial charge is 0.325 e. The van der Waals surface area contributed by atoms with Crippen molar-refractivity contribution in [2.24, 2.45) is 5.73 Å². The van der Waals surface area contributed by atoms with Crippen LogP contribution in [0.15, 0.2) is 30.5 Å². The van der Waals surface area contributed by atoms with E-state index in [-0.39, 0.29) is 0 Å². The van der Waals surface area contributed by atoms with Gasteiger partial charge < -0.3 is 10.3 Å². The van der Waals surface area contributed by atoms with Gasteiger partial charge in [-0.3, -0.25) is 0 Å². The standard InChI is InChI=1S/C13H14N4S/c1-9-15-7-10(6-14)17(9)8-13-16-11-4-2-3-5-12(11)18-13/h2-5,7H,6,8,14H2,1H3. The van der Waals surface area contributed by atoms with E-state index in [1.807, 2.05) is 31.3 Å². The van der Waals surface area contributed by atoms with Crippen LogP contribution >= 0.6 is 11.3 Å².